The van der Waals surface area contributed by atoms with Gasteiger partial charge >= 0.3 is 0 Å². The summed E-state index contributed by atoms with van der Waals surface area (Å²) in [5.41, 5.74) is 2.47. The lowest BCUT2D eigenvalue weighted by Gasteiger charge is -1.98. The lowest BCUT2D eigenvalue weighted by Crippen LogP contribution is -1.88. The SMILES string of the molecule is Cc1sc(C(C)C=O)cc1-c1ccccc1. The Bertz CT molecular complexity index is 485. The summed E-state index contributed by atoms with van der Waals surface area (Å²) in [4.78, 5) is 13.2. The van der Waals surface area contributed by atoms with Gasteiger partial charge in [0.1, 0.15) is 6.29 Å². The van der Waals surface area contributed by atoms with E-state index in [9.17, 15) is 4.79 Å². The molecule has 1 atom stereocenters. The summed E-state index contributed by atoms with van der Waals surface area (Å²) in [7, 11) is 0. The Hall–Kier alpha value is -1.41. The fourth-order valence-electron chi connectivity index (χ4n) is 1.70. The Morgan fingerprint density at radius 2 is 1.94 bits per heavy atom. The second-order valence-electron chi connectivity index (χ2n) is 3.91. The monoisotopic (exact) mass is 230 g/mol. The molecule has 0 saturated carbocycles. The molecule has 1 heterocycles. The second-order valence-corrected chi connectivity index (χ2v) is 5.20. The van der Waals surface area contributed by atoms with Crippen LogP contribution in [-0.4, -0.2) is 6.29 Å². The first kappa shape index (κ1) is 11.1. The van der Waals surface area contributed by atoms with Crippen molar-refractivity contribution in [1.82, 2.24) is 0 Å². The smallest absolute Gasteiger partial charge is 0.127 e. The first-order valence-corrected chi connectivity index (χ1v) is 6.15. The van der Waals surface area contributed by atoms with E-state index in [1.165, 1.54) is 16.0 Å². The van der Waals surface area contributed by atoms with Crippen LogP contribution in [0.15, 0.2) is 36.4 Å². The highest BCUT2D eigenvalue weighted by Crippen LogP contribution is 2.33. The molecule has 2 heteroatoms. The first-order valence-electron chi connectivity index (χ1n) is 5.33. The maximum absolute atomic E-state index is 10.8. The van der Waals surface area contributed by atoms with Crippen molar-refractivity contribution in [2.75, 3.05) is 0 Å². The van der Waals surface area contributed by atoms with Crippen molar-refractivity contribution in [3.05, 3.63) is 46.2 Å². The minimum atomic E-state index is 0.00108. The third-order valence-electron chi connectivity index (χ3n) is 2.67. The van der Waals surface area contributed by atoms with Gasteiger partial charge in [0.05, 0.1) is 0 Å². The van der Waals surface area contributed by atoms with Gasteiger partial charge in [-0.1, -0.05) is 37.3 Å². The largest absolute Gasteiger partial charge is 0.303 e. The van der Waals surface area contributed by atoms with Gasteiger partial charge in [0.25, 0.3) is 0 Å². The lowest BCUT2D eigenvalue weighted by atomic mass is 10.0. The standard InChI is InChI=1S/C14H14OS/c1-10(9-15)14-8-13(11(2)16-14)12-6-4-3-5-7-12/h3-10H,1-2H3. The summed E-state index contributed by atoms with van der Waals surface area (Å²) in [6.07, 6.45) is 1.00. The number of aryl methyl sites for hydroxylation is 1. The van der Waals surface area contributed by atoms with E-state index in [1.807, 2.05) is 25.1 Å². The van der Waals surface area contributed by atoms with Crippen LogP contribution < -0.4 is 0 Å². The summed E-state index contributed by atoms with van der Waals surface area (Å²) < 4.78 is 0. The Kier molecular flexibility index (Phi) is 3.20. The van der Waals surface area contributed by atoms with E-state index in [0.29, 0.717) is 0 Å². The predicted molar refractivity (Wildman–Crippen MR) is 69.0 cm³/mol. The fourth-order valence-corrected chi connectivity index (χ4v) is 2.76. The van der Waals surface area contributed by atoms with Crippen LogP contribution in [0.4, 0.5) is 0 Å². The predicted octanol–water partition coefficient (Wildman–Crippen LogP) is 4.03. The van der Waals surface area contributed by atoms with Gasteiger partial charge in [-0.25, -0.2) is 0 Å². The molecule has 2 aromatic rings. The molecule has 1 aromatic heterocycles. The van der Waals surface area contributed by atoms with Crippen LogP contribution >= 0.6 is 11.3 Å². The van der Waals surface area contributed by atoms with Crippen molar-refractivity contribution < 1.29 is 4.79 Å². The van der Waals surface area contributed by atoms with Crippen molar-refractivity contribution in [3.8, 4) is 11.1 Å². The average Bonchev–Trinajstić information content (AvgIpc) is 2.71. The van der Waals surface area contributed by atoms with Crippen LogP contribution in [0.1, 0.15) is 22.6 Å². The van der Waals surface area contributed by atoms with Crippen LogP contribution in [0.2, 0.25) is 0 Å². The van der Waals surface area contributed by atoms with Crippen molar-refractivity contribution in [1.29, 1.82) is 0 Å². The molecule has 82 valence electrons. The molecular formula is C14H14OS. The molecule has 1 nitrogen and oxygen atoms in total. The van der Waals surface area contributed by atoms with Crippen LogP contribution in [0.5, 0.6) is 0 Å². The molecule has 1 aromatic carbocycles. The number of thiophene rings is 1. The minimum Gasteiger partial charge on any atom is -0.303 e. The van der Waals surface area contributed by atoms with Crippen molar-refractivity contribution >= 4 is 17.6 Å². The van der Waals surface area contributed by atoms with Crippen molar-refractivity contribution in [2.45, 2.75) is 19.8 Å². The van der Waals surface area contributed by atoms with Gasteiger partial charge < -0.3 is 4.79 Å². The Balaban J connectivity index is 2.43. The molecule has 0 bridgehead atoms. The van der Waals surface area contributed by atoms with E-state index < -0.39 is 0 Å². The van der Waals surface area contributed by atoms with Crippen molar-refractivity contribution in [2.24, 2.45) is 0 Å². The number of hydrogen-bond acceptors (Lipinski definition) is 2. The molecule has 0 aliphatic carbocycles. The van der Waals surface area contributed by atoms with Gasteiger partial charge in [0.15, 0.2) is 0 Å². The van der Waals surface area contributed by atoms with Gasteiger partial charge in [-0.2, -0.15) is 0 Å². The van der Waals surface area contributed by atoms with E-state index in [1.54, 1.807) is 11.3 Å². The number of aldehydes is 1. The lowest BCUT2D eigenvalue weighted by molar-refractivity contribution is -0.108. The van der Waals surface area contributed by atoms with E-state index in [2.05, 4.69) is 25.1 Å². The zero-order valence-electron chi connectivity index (χ0n) is 9.44. The number of rotatable bonds is 3. The van der Waals surface area contributed by atoms with Gasteiger partial charge in [0, 0.05) is 15.7 Å². The molecule has 0 radical (unpaired) electrons. The third kappa shape index (κ3) is 2.07. The molecule has 0 aliphatic rings. The topological polar surface area (TPSA) is 17.1 Å². The van der Waals surface area contributed by atoms with E-state index >= 15 is 0 Å². The maximum Gasteiger partial charge on any atom is 0.127 e. The van der Waals surface area contributed by atoms with Gasteiger partial charge in [-0.05, 0) is 24.1 Å². The van der Waals surface area contributed by atoms with E-state index in [0.717, 1.165) is 11.2 Å². The average molecular weight is 230 g/mol. The summed E-state index contributed by atoms with van der Waals surface area (Å²) >= 11 is 1.71. The van der Waals surface area contributed by atoms with Crippen molar-refractivity contribution in [3.63, 3.8) is 0 Å². The molecule has 0 spiro atoms. The molecular weight excluding hydrogens is 216 g/mol. The van der Waals surface area contributed by atoms with Crippen LogP contribution in [0.25, 0.3) is 11.1 Å². The highest BCUT2D eigenvalue weighted by Gasteiger charge is 2.11. The molecule has 1 unspecified atom stereocenters. The Labute approximate surface area is 99.8 Å². The van der Waals surface area contributed by atoms with Crippen LogP contribution in [0.3, 0.4) is 0 Å². The van der Waals surface area contributed by atoms with Gasteiger partial charge in [-0.3, -0.25) is 0 Å². The normalized spacial score (nSPS) is 12.4. The molecule has 0 N–H and O–H groups in total. The summed E-state index contributed by atoms with van der Waals surface area (Å²) in [5, 5.41) is 0. The van der Waals surface area contributed by atoms with Crippen LogP contribution in [-0.2, 0) is 4.79 Å². The van der Waals surface area contributed by atoms with E-state index in [-0.39, 0.29) is 5.92 Å². The summed E-state index contributed by atoms with van der Waals surface area (Å²) in [6, 6.07) is 12.4. The molecule has 0 fully saturated rings. The molecule has 0 aliphatic heterocycles. The maximum atomic E-state index is 10.8. The Morgan fingerprint density at radius 3 is 2.56 bits per heavy atom. The molecule has 0 amide bonds. The molecule has 16 heavy (non-hydrogen) atoms. The van der Waals surface area contributed by atoms with Crippen LogP contribution in [0, 0.1) is 6.92 Å². The zero-order valence-corrected chi connectivity index (χ0v) is 10.3. The number of carbonyl (C=O) groups is 1. The fraction of sp³-hybridized carbons (Fsp3) is 0.214. The first-order chi connectivity index (χ1) is 7.72. The third-order valence-corrected chi connectivity index (χ3v) is 3.93. The van der Waals surface area contributed by atoms with Gasteiger partial charge in [-0.15, -0.1) is 11.3 Å². The highest BCUT2D eigenvalue weighted by atomic mass is 32.1. The summed E-state index contributed by atoms with van der Waals surface area (Å²) in [5.74, 6) is 0.00108. The quantitative estimate of drug-likeness (QED) is 0.728. The Morgan fingerprint density at radius 1 is 1.25 bits per heavy atom. The molecule has 2 rings (SSSR count). The van der Waals surface area contributed by atoms with Gasteiger partial charge in [0.2, 0.25) is 0 Å². The number of carbonyl (C=O) groups excluding carboxylic acids is 1. The summed E-state index contributed by atoms with van der Waals surface area (Å²) in [6.45, 7) is 4.04. The second kappa shape index (κ2) is 4.62. The molecule has 0 saturated heterocycles. The highest BCUT2D eigenvalue weighted by molar-refractivity contribution is 7.12. The zero-order chi connectivity index (χ0) is 11.5. The minimum absolute atomic E-state index is 0.00108. The number of benzene rings is 1. The van der Waals surface area contributed by atoms with E-state index in [4.69, 9.17) is 0 Å². The number of hydrogen-bond donors (Lipinski definition) is 0.